The van der Waals surface area contributed by atoms with E-state index >= 15 is 0 Å². The van der Waals surface area contributed by atoms with Crippen LogP contribution < -0.4 is 5.32 Å². The van der Waals surface area contributed by atoms with Crippen molar-refractivity contribution >= 4 is 23.3 Å². The number of amides is 2. The van der Waals surface area contributed by atoms with E-state index in [4.69, 9.17) is 4.74 Å². The molecule has 0 spiro atoms. The van der Waals surface area contributed by atoms with Crippen LogP contribution in [0.3, 0.4) is 0 Å². The van der Waals surface area contributed by atoms with Gasteiger partial charge in [0.1, 0.15) is 17.3 Å². The molecule has 0 bridgehead atoms. The zero-order valence-electron chi connectivity index (χ0n) is 17.5. The summed E-state index contributed by atoms with van der Waals surface area (Å²) in [6, 6.07) is 12.8. The Morgan fingerprint density at radius 2 is 1.90 bits per heavy atom. The normalized spacial score (nSPS) is 16.6. The van der Waals surface area contributed by atoms with Crippen LogP contribution in [0.1, 0.15) is 33.6 Å². The Bertz CT molecular complexity index is 1050. The zero-order valence-corrected chi connectivity index (χ0v) is 17.5. The smallest absolute Gasteiger partial charge is 0.410 e. The van der Waals surface area contributed by atoms with Gasteiger partial charge in [-0.2, -0.15) is 0 Å². The second kappa shape index (κ2) is 7.82. The number of anilines is 1. The largest absolute Gasteiger partial charge is 0.444 e. The molecule has 156 valence electrons. The fraction of sp³-hybridized carbons (Fsp3) is 0.348. The predicted octanol–water partition coefficient (Wildman–Crippen LogP) is 4.34. The number of likely N-dealkylation sites (tertiary alicyclic amines) is 1. The minimum atomic E-state index is -0.601. The van der Waals surface area contributed by atoms with Gasteiger partial charge in [0.15, 0.2) is 0 Å². The Kier molecular flexibility index (Phi) is 5.20. The van der Waals surface area contributed by atoms with E-state index in [1.165, 1.54) is 4.90 Å². The van der Waals surface area contributed by atoms with Crippen molar-refractivity contribution in [1.82, 2.24) is 14.3 Å². The molecular weight excluding hydrogens is 380 g/mol. The minimum Gasteiger partial charge on any atom is -0.444 e. The van der Waals surface area contributed by atoms with E-state index in [0.717, 1.165) is 23.3 Å². The second-order valence-electron chi connectivity index (χ2n) is 8.46. The van der Waals surface area contributed by atoms with E-state index < -0.39 is 17.7 Å². The summed E-state index contributed by atoms with van der Waals surface area (Å²) in [5.74, 6) is -0.213. The number of imidazole rings is 1. The third-order valence-electron chi connectivity index (χ3n) is 5.01. The van der Waals surface area contributed by atoms with Crippen molar-refractivity contribution in [2.45, 2.75) is 45.3 Å². The van der Waals surface area contributed by atoms with Gasteiger partial charge in [0.05, 0.1) is 11.4 Å². The fourth-order valence-electron chi connectivity index (χ4n) is 3.67. The van der Waals surface area contributed by atoms with Crippen LogP contribution in [0.15, 0.2) is 54.9 Å². The number of pyridine rings is 1. The zero-order chi connectivity index (χ0) is 21.3. The highest BCUT2D eigenvalue weighted by Crippen LogP contribution is 2.29. The van der Waals surface area contributed by atoms with Crippen molar-refractivity contribution in [3.8, 4) is 11.3 Å². The van der Waals surface area contributed by atoms with Crippen LogP contribution in [-0.2, 0) is 9.53 Å². The Morgan fingerprint density at radius 1 is 1.13 bits per heavy atom. The van der Waals surface area contributed by atoms with Crippen LogP contribution in [0.5, 0.6) is 0 Å². The highest BCUT2D eigenvalue weighted by atomic mass is 16.6. The molecule has 7 heteroatoms. The lowest BCUT2D eigenvalue weighted by Gasteiger charge is -2.28. The van der Waals surface area contributed by atoms with E-state index in [2.05, 4.69) is 10.3 Å². The molecule has 1 saturated heterocycles. The Hall–Kier alpha value is -3.35. The first-order valence-corrected chi connectivity index (χ1v) is 10.2. The number of hydrogen-bond acceptors (Lipinski definition) is 4. The number of ether oxygens (including phenoxy) is 1. The van der Waals surface area contributed by atoms with Gasteiger partial charge in [-0.3, -0.25) is 9.69 Å². The molecule has 3 heterocycles. The molecule has 2 aromatic heterocycles. The second-order valence-corrected chi connectivity index (χ2v) is 8.46. The van der Waals surface area contributed by atoms with E-state index in [-0.39, 0.29) is 5.91 Å². The van der Waals surface area contributed by atoms with Gasteiger partial charge in [0.2, 0.25) is 5.91 Å². The van der Waals surface area contributed by atoms with E-state index in [9.17, 15) is 9.59 Å². The van der Waals surface area contributed by atoms with E-state index in [0.29, 0.717) is 18.7 Å². The number of nitrogens with one attached hydrogen (secondary N) is 1. The molecular formula is C23H26N4O3. The lowest BCUT2D eigenvalue weighted by atomic mass is 10.1. The number of hydrogen-bond donors (Lipinski definition) is 1. The molecule has 2 amide bonds. The SMILES string of the molecule is CC(C)(C)OC(=O)N1CCC[C@H]1C(=O)Nc1ccccc1-c1cn2ccccc2n1. The molecule has 1 atom stereocenters. The highest BCUT2D eigenvalue weighted by molar-refractivity contribution is 5.99. The van der Waals surface area contributed by atoms with Crippen molar-refractivity contribution in [1.29, 1.82) is 0 Å². The number of carbonyl (C=O) groups is 2. The van der Waals surface area contributed by atoms with Gasteiger partial charge in [-0.1, -0.05) is 24.3 Å². The van der Waals surface area contributed by atoms with Crippen LogP contribution in [0.2, 0.25) is 0 Å². The number of para-hydroxylation sites is 1. The number of fused-ring (bicyclic) bond motifs is 1. The number of benzene rings is 1. The number of nitrogens with zero attached hydrogens (tertiary/aromatic N) is 3. The average molecular weight is 406 g/mol. The standard InChI is InChI=1S/C23H26N4O3/c1-23(2,3)30-22(29)27-14-8-11-19(27)21(28)25-17-10-5-4-9-16(17)18-15-26-13-7-6-12-20(26)24-18/h4-7,9-10,12-13,15,19H,8,11,14H2,1-3H3,(H,25,28)/t19-/m0/s1. The quantitative estimate of drug-likeness (QED) is 0.702. The fourth-order valence-corrected chi connectivity index (χ4v) is 3.67. The molecule has 1 aromatic carbocycles. The van der Waals surface area contributed by atoms with Gasteiger partial charge in [-0.15, -0.1) is 0 Å². The van der Waals surface area contributed by atoms with Crippen molar-refractivity contribution in [3.63, 3.8) is 0 Å². The van der Waals surface area contributed by atoms with Gasteiger partial charge in [0, 0.05) is 24.5 Å². The van der Waals surface area contributed by atoms with E-state index in [1.807, 2.05) is 80.0 Å². The molecule has 4 rings (SSSR count). The van der Waals surface area contributed by atoms with Crippen molar-refractivity contribution in [3.05, 3.63) is 54.9 Å². The molecule has 0 aliphatic carbocycles. The Balaban J connectivity index is 1.56. The molecule has 0 saturated carbocycles. The van der Waals surface area contributed by atoms with Gasteiger partial charge in [-0.25, -0.2) is 9.78 Å². The van der Waals surface area contributed by atoms with E-state index in [1.54, 1.807) is 0 Å². The maximum atomic E-state index is 13.1. The molecule has 1 aliphatic heterocycles. The first kappa shape index (κ1) is 19.9. The molecule has 0 radical (unpaired) electrons. The summed E-state index contributed by atoms with van der Waals surface area (Å²) in [5, 5.41) is 3.01. The topological polar surface area (TPSA) is 75.9 Å². The summed E-state index contributed by atoms with van der Waals surface area (Å²) in [6.45, 7) is 5.98. The van der Waals surface area contributed by atoms with Crippen LogP contribution in [-0.4, -0.2) is 44.5 Å². The predicted molar refractivity (Wildman–Crippen MR) is 115 cm³/mol. The first-order valence-electron chi connectivity index (χ1n) is 10.2. The summed E-state index contributed by atoms with van der Waals surface area (Å²) >= 11 is 0. The van der Waals surface area contributed by atoms with Gasteiger partial charge in [0.25, 0.3) is 0 Å². The van der Waals surface area contributed by atoms with Crippen LogP contribution >= 0.6 is 0 Å². The Morgan fingerprint density at radius 3 is 2.67 bits per heavy atom. The number of aromatic nitrogens is 2. The van der Waals surface area contributed by atoms with Crippen molar-refractivity contribution < 1.29 is 14.3 Å². The first-order chi connectivity index (χ1) is 14.3. The number of carbonyl (C=O) groups excluding carboxylic acids is 2. The monoisotopic (exact) mass is 406 g/mol. The lowest BCUT2D eigenvalue weighted by Crippen LogP contribution is -2.45. The van der Waals surface area contributed by atoms with Crippen molar-refractivity contribution in [2.24, 2.45) is 0 Å². The summed E-state index contributed by atoms with van der Waals surface area (Å²) in [6.07, 6.45) is 4.80. The maximum Gasteiger partial charge on any atom is 0.410 e. The Labute approximate surface area is 175 Å². The van der Waals surface area contributed by atoms with Crippen molar-refractivity contribution in [2.75, 3.05) is 11.9 Å². The highest BCUT2D eigenvalue weighted by Gasteiger charge is 2.36. The van der Waals surface area contributed by atoms with Crippen LogP contribution in [0.4, 0.5) is 10.5 Å². The van der Waals surface area contributed by atoms with Gasteiger partial charge in [-0.05, 0) is 51.8 Å². The third kappa shape index (κ3) is 4.15. The number of rotatable bonds is 3. The maximum absolute atomic E-state index is 13.1. The van der Waals surface area contributed by atoms with Gasteiger partial charge < -0.3 is 14.5 Å². The molecule has 1 aliphatic rings. The summed E-state index contributed by atoms with van der Waals surface area (Å²) < 4.78 is 7.41. The van der Waals surface area contributed by atoms with Gasteiger partial charge >= 0.3 is 6.09 Å². The van der Waals surface area contributed by atoms with Crippen LogP contribution in [0.25, 0.3) is 16.9 Å². The molecule has 1 N–H and O–H groups in total. The van der Waals surface area contributed by atoms with Crippen LogP contribution in [0, 0.1) is 0 Å². The average Bonchev–Trinajstić information content (AvgIpc) is 3.34. The third-order valence-corrected chi connectivity index (χ3v) is 5.01. The summed E-state index contributed by atoms with van der Waals surface area (Å²) in [4.78, 5) is 31.8. The summed E-state index contributed by atoms with van der Waals surface area (Å²) in [5.41, 5.74) is 2.50. The molecule has 3 aromatic rings. The molecule has 7 nitrogen and oxygen atoms in total. The lowest BCUT2D eigenvalue weighted by molar-refractivity contribution is -0.120. The summed E-state index contributed by atoms with van der Waals surface area (Å²) in [7, 11) is 0. The molecule has 1 fully saturated rings. The molecule has 30 heavy (non-hydrogen) atoms. The molecule has 0 unspecified atom stereocenters. The minimum absolute atomic E-state index is 0.213.